The highest BCUT2D eigenvalue weighted by Crippen LogP contribution is 2.40. The molecule has 0 saturated carbocycles. The van der Waals surface area contributed by atoms with Crippen LogP contribution in [0.15, 0.2) is 59.7 Å². The molecule has 1 unspecified atom stereocenters. The molecule has 0 saturated heterocycles. The van der Waals surface area contributed by atoms with Gasteiger partial charge in [-0.05, 0) is 62.9 Å². The number of rotatable bonds is 7. The molecule has 2 aliphatic rings. The lowest BCUT2D eigenvalue weighted by Crippen LogP contribution is -2.32. The van der Waals surface area contributed by atoms with Crippen LogP contribution in [-0.2, 0) is 15.8 Å². The van der Waals surface area contributed by atoms with E-state index in [1.54, 1.807) is 6.92 Å². The Balaban J connectivity index is 0.000000217. The third-order valence-electron chi connectivity index (χ3n) is 7.05. The van der Waals surface area contributed by atoms with Crippen molar-refractivity contribution in [2.75, 3.05) is 4.90 Å². The number of halogens is 6. The number of carbonyl (C=O) groups excluding carboxylic acids is 2. The van der Waals surface area contributed by atoms with Crippen LogP contribution in [0.1, 0.15) is 48.5 Å². The number of aromatic carboxylic acids is 1. The van der Waals surface area contributed by atoms with Crippen molar-refractivity contribution in [3.05, 3.63) is 96.8 Å². The lowest BCUT2D eigenvalue weighted by molar-refractivity contribution is -0.385. The summed E-state index contributed by atoms with van der Waals surface area (Å²) in [5.41, 5.74) is -1.44. The van der Waals surface area contributed by atoms with Crippen molar-refractivity contribution < 1.29 is 51.4 Å². The van der Waals surface area contributed by atoms with Crippen molar-refractivity contribution in [1.82, 2.24) is 0 Å². The SMILES string of the molecule is C#CC(C)Oc1cc(N2C(=O)C3=C(CCCC3)C2=O)c(F)cc1Cl.O=C(O)c1cc(Oc2ccc(C(F)(F)F)cc2Cl)ccc1[N+](=O)[O-]. The molecule has 1 N–H and O–H groups in total. The van der Waals surface area contributed by atoms with Crippen LogP contribution in [0.2, 0.25) is 10.0 Å². The highest BCUT2D eigenvalue weighted by atomic mass is 35.5. The summed E-state index contributed by atoms with van der Waals surface area (Å²) in [7, 11) is 0. The minimum absolute atomic E-state index is 0.0233. The van der Waals surface area contributed by atoms with Gasteiger partial charge in [0.2, 0.25) is 0 Å². The summed E-state index contributed by atoms with van der Waals surface area (Å²) >= 11 is 11.7. The van der Waals surface area contributed by atoms with Gasteiger partial charge >= 0.3 is 12.1 Å². The van der Waals surface area contributed by atoms with Gasteiger partial charge in [-0.15, -0.1) is 6.42 Å². The zero-order valence-electron chi connectivity index (χ0n) is 24.6. The number of terminal acetylenes is 1. The third-order valence-corrected chi connectivity index (χ3v) is 7.64. The number of carboxylic acids is 1. The quantitative estimate of drug-likeness (QED) is 0.0850. The van der Waals surface area contributed by atoms with Crippen LogP contribution in [0.25, 0.3) is 0 Å². The van der Waals surface area contributed by atoms with Gasteiger partial charge < -0.3 is 14.6 Å². The second-order valence-corrected chi connectivity index (χ2v) is 11.1. The molecular weight excluding hydrogens is 687 g/mol. The molecule has 1 aliphatic heterocycles. The summed E-state index contributed by atoms with van der Waals surface area (Å²) in [6.07, 6.45) is 2.89. The first kappa shape index (κ1) is 35.7. The molecule has 5 rings (SSSR count). The normalized spacial score (nSPS) is 14.8. The van der Waals surface area contributed by atoms with E-state index >= 15 is 0 Å². The maximum absolute atomic E-state index is 14.4. The van der Waals surface area contributed by atoms with Gasteiger partial charge in [-0.2, -0.15) is 13.2 Å². The number of carbonyl (C=O) groups is 3. The lowest BCUT2D eigenvalue weighted by Gasteiger charge is -2.19. The number of benzene rings is 3. The van der Waals surface area contributed by atoms with E-state index in [0.29, 0.717) is 30.1 Å². The van der Waals surface area contributed by atoms with Crippen molar-refractivity contribution in [1.29, 1.82) is 0 Å². The van der Waals surface area contributed by atoms with Crippen LogP contribution in [0.5, 0.6) is 17.2 Å². The molecule has 3 aromatic carbocycles. The number of carboxylic acid groups (broad SMARTS) is 1. The molecular formula is C32H22Cl2F4N2O8. The van der Waals surface area contributed by atoms with E-state index in [-0.39, 0.29) is 33.0 Å². The van der Waals surface area contributed by atoms with Crippen molar-refractivity contribution in [3.8, 4) is 29.6 Å². The van der Waals surface area contributed by atoms with E-state index in [2.05, 4.69) is 5.92 Å². The van der Waals surface area contributed by atoms with Crippen LogP contribution < -0.4 is 14.4 Å². The minimum Gasteiger partial charge on any atom is -0.477 e. The highest BCUT2D eigenvalue weighted by molar-refractivity contribution is 6.34. The van der Waals surface area contributed by atoms with Crippen LogP contribution in [-0.4, -0.2) is 33.9 Å². The third kappa shape index (κ3) is 7.70. The predicted octanol–water partition coefficient (Wildman–Crippen LogP) is 8.38. The van der Waals surface area contributed by atoms with Crippen molar-refractivity contribution in [2.24, 2.45) is 0 Å². The van der Waals surface area contributed by atoms with Crippen LogP contribution in [0, 0.1) is 28.3 Å². The van der Waals surface area contributed by atoms with E-state index in [0.717, 1.165) is 54.1 Å². The molecule has 1 aliphatic carbocycles. The van der Waals surface area contributed by atoms with Gasteiger partial charge in [0.1, 0.15) is 28.6 Å². The Hall–Kier alpha value is -5.13. The first-order valence-corrected chi connectivity index (χ1v) is 14.6. The minimum atomic E-state index is -4.58. The van der Waals surface area contributed by atoms with E-state index in [4.69, 9.17) is 44.2 Å². The van der Waals surface area contributed by atoms with E-state index < -0.39 is 57.6 Å². The summed E-state index contributed by atoms with van der Waals surface area (Å²) in [4.78, 5) is 46.9. The number of imide groups is 1. The Bertz CT molecular complexity index is 1880. The Labute approximate surface area is 279 Å². The molecule has 48 heavy (non-hydrogen) atoms. The fraction of sp³-hybridized carbons (Fsp3) is 0.219. The largest absolute Gasteiger partial charge is 0.477 e. The Morgan fingerprint density at radius 1 is 1.02 bits per heavy atom. The van der Waals surface area contributed by atoms with Crippen LogP contribution >= 0.6 is 23.2 Å². The van der Waals surface area contributed by atoms with Gasteiger partial charge in [0.25, 0.3) is 17.5 Å². The zero-order chi connectivity index (χ0) is 35.5. The fourth-order valence-electron chi connectivity index (χ4n) is 4.76. The molecule has 1 atom stereocenters. The molecule has 0 fully saturated rings. The highest BCUT2D eigenvalue weighted by Gasteiger charge is 2.41. The molecule has 2 amide bonds. The molecule has 10 nitrogen and oxygen atoms in total. The van der Waals surface area contributed by atoms with Gasteiger partial charge in [-0.25, -0.2) is 14.1 Å². The van der Waals surface area contributed by atoms with Crippen molar-refractivity contribution in [2.45, 2.75) is 44.9 Å². The molecule has 250 valence electrons. The lowest BCUT2D eigenvalue weighted by atomic mass is 9.93. The second kappa shape index (κ2) is 14.3. The summed E-state index contributed by atoms with van der Waals surface area (Å²) in [6, 6.07) is 7.54. The number of hydrogen-bond donors (Lipinski definition) is 1. The summed E-state index contributed by atoms with van der Waals surface area (Å²) in [5.74, 6) is -1.03. The average molecular weight is 709 g/mol. The summed E-state index contributed by atoms with van der Waals surface area (Å²) in [6.45, 7) is 1.63. The van der Waals surface area contributed by atoms with Crippen LogP contribution in [0.3, 0.4) is 0 Å². The Morgan fingerprint density at radius 3 is 2.15 bits per heavy atom. The monoisotopic (exact) mass is 708 g/mol. The summed E-state index contributed by atoms with van der Waals surface area (Å²) < 4.78 is 62.7. The fourth-order valence-corrected chi connectivity index (χ4v) is 5.17. The van der Waals surface area contributed by atoms with Gasteiger partial charge in [0.15, 0.2) is 6.10 Å². The molecule has 3 aromatic rings. The van der Waals surface area contributed by atoms with E-state index in [1.807, 2.05) is 0 Å². The first-order chi connectivity index (χ1) is 22.5. The number of hydrogen-bond acceptors (Lipinski definition) is 7. The molecule has 0 bridgehead atoms. The van der Waals surface area contributed by atoms with Gasteiger partial charge in [0, 0.05) is 29.3 Å². The molecule has 1 heterocycles. The molecule has 16 heteroatoms. The number of amides is 2. The number of alkyl halides is 3. The maximum Gasteiger partial charge on any atom is 0.416 e. The zero-order valence-corrected chi connectivity index (χ0v) is 26.1. The van der Waals surface area contributed by atoms with E-state index in [1.165, 1.54) is 6.07 Å². The van der Waals surface area contributed by atoms with Crippen molar-refractivity contribution >= 4 is 52.4 Å². The first-order valence-electron chi connectivity index (χ1n) is 13.8. The van der Waals surface area contributed by atoms with Gasteiger partial charge in [0.05, 0.1) is 26.2 Å². The average Bonchev–Trinajstić information content (AvgIpc) is 3.28. The topological polar surface area (TPSA) is 136 Å². The van der Waals surface area contributed by atoms with Gasteiger partial charge in [-0.3, -0.25) is 19.7 Å². The Kier molecular flexibility index (Phi) is 10.7. The number of nitro benzene ring substituents is 1. The number of anilines is 1. The molecule has 0 radical (unpaired) electrons. The van der Waals surface area contributed by atoms with Crippen LogP contribution in [0.4, 0.5) is 28.9 Å². The molecule has 0 aromatic heterocycles. The summed E-state index contributed by atoms with van der Waals surface area (Å²) in [5, 5.41) is 19.4. The van der Waals surface area contributed by atoms with E-state index in [9.17, 15) is 42.1 Å². The Morgan fingerprint density at radius 2 is 1.62 bits per heavy atom. The maximum atomic E-state index is 14.4. The standard InChI is InChI=1S/C18H15ClFNO3.C14H7ClF3NO5/c1-3-10(2)24-16-9-15(14(20)8-13(16)19)21-17(22)11-6-4-5-7-12(11)18(21)23;15-10-5-7(14(16,17)18)1-4-12(10)24-8-2-3-11(19(22)23)9(6-8)13(20)21/h1,8-10H,4-7H2,2H3;1-6H,(H,20,21). The number of nitrogens with zero attached hydrogens (tertiary/aromatic N) is 2. The predicted molar refractivity (Wildman–Crippen MR) is 165 cm³/mol. The van der Waals surface area contributed by atoms with Gasteiger partial charge in [-0.1, -0.05) is 29.1 Å². The number of ether oxygens (including phenoxy) is 2. The smallest absolute Gasteiger partial charge is 0.416 e. The van der Waals surface area contributed by atoms with Crippen molar-refractivity contribution in [3.63, 3.8) is 0 Å². The second-order valence-electron chi connectivity index (χ2n) is 10.3. The molecule has 0 spiro atoms. The number of nitro groups is 1.